The number of nitrogens with zero attached hydrogens (tertiary/aromatic N) is 1. The van der Waals surface area contributed by atoms with Gasteiger partial charge in [0.25, 0.3) is 0 Å². The summed E-state index contributed by atoms with van der Waals surface area (Å²) in [6.45, 7) is 2.32. The van der Waals surface area contributed by atoms with Crippen LogP contribution in [0.3, 0.4) is 0 Å². The van der Waals surface area contributed by atoms with Crippen molar-refractivity contribution in [1.29, 1.82) is 0 Å². The smallest absolute Gasteiger partial charge is 0.305 e. The Labute approximate surface area is 185 Å². The molecule has 0 bridgehead atoms. The zero-order valence-corrected chi connectivity index (χ0v) is 18.7. The highest BCUT2D eigenvalue weighted by Gasteiger charge is 2.38. The largest absolute Gasteiger partial charge is 0.481 e. The van der Waals surface area contributed by atoms with E-state index in [9.17, 15) is 9.90 Å². The molecule has 0 aromatic heterocycles. The van der Waals surface area contributed by atoms with Gasteiger partial charge in [-0.05, 0) is 68.1 Å². The van der Waals surface area contributed by atoms with E-state index in [1.165, 1.54) is 51.4 Å². The van der Waals surface area contributed by atoms with Crippen molar-refractivity contribution >= 4 is 17.6 Å². The Morgan fingerprint density at radius 3 is 2.20 bits per heavy atom. The second-order valence-corrected chi connectivity index (χ2v) is 10.2. The quantitative estimate of drug-likeness (QED) is 0.539. The highest BCUT2D eigenvalue weighted by molar-refractivity contribution is 6.30. The average Bonchev–Trinajstić information content (AvgIpc) is 3.41. The van der Waals surface area contributed by atoms with Gasteiger partial charge in [-0.2, -0.15) is 0 Å². The van der Waals surface area contributed by atoms with E-state index >= 15 is 0 Å². The number of hydrogen-bond acceptors (Lipinski definition) is 3. The van der Waals surface area contributed by atoms with Gasteiger partial charge in [0.2, 0.25) is 0 Å². The summed E-state index contributed by atoms with van der Waals surface area (Å²) in [5.41, 5.74) is 1.09. The van der Waals surface area contributed by atoms with Crippen molar-refractivity contribution in [3.8, 4) is 0 Å². The Hall–Kier alpha value is -1.10. The van der Waals surface area contributed by atoms with Crippen molar-refractivity contribution in [3.63, 3.8) is 0 Å². The summed E-state index contributed by atoms with van der Waals surface area (Å²) in [7, 11) is 0. The molecule has 2 aliphatic carbocycles. The number of benzene rings is 1. The van der Waals surface area contributed by atoms with Gasteiger partial charge in [0.15, 0.2) is 0 Å². The average molecular weight is 434 g/mol. The molecule has 3 aliphatic rings. The molecule has 1 aliphatic heterocycles. The lowest BCUT2D eigenvalue weighted by atomic mass is 9.89. The van der Waals surface area contributed by atoms with Gasteiger partial charge in [0.1, 0.15) is 0 Å². The lowest BCUT2D eigenvalue weighted by Gasteiger charge is -2.44. The van der Waals surface area contributed by atoms with Crippen LogP contribution in [0.2, 0.25) is 5.02 Å². The second kappa shape index (κ2) is 10.5. The van der Waals surface area contributed by atoms with E-state index in [4.69, 9.17) is 16.3 Å². The van der Waals surface area contributed by atoms with E-state index in [-0.39, 0.29) is 18.6 Å². The number of carbonyl (C=O) groups is 1. The number of carboxylic acids is 1. The van der Waals surface area contributed by atoms with Crippen LogP contribution in [0.4, 0.5) is 0 Å². The molecule has 0 spiro atoms. The van der Waals surface area contributed by atoms with E-state index in [1.807, 2.05) is 18.2 Å². The normalized spacial score (nSPS) is 28.4. The minimum Gasteiger partial charge on any atom is -0.481 e. The molecule has 1 aromatic carbocycles. The molecule has 0 amide bonds. The number of rotatable bonds is 8. The van der Waals surface area contributed by atoms with Crippen LogP contribution in [0, 0.1) is 11.8 Å². The van der Waals surface area contributed by atoms with Crippen LogP contribution in [0.15, 0.2) is 24.3 Å². The third-order valence-corrected chi connectivity index (χ3v) is 7.69. The van der Waals surface area contributed by atoms with Crippen LogP contribution in [-0.4, -0.2) is 41.2 Å². The van der Waals surface area contributed by atoms with E-state index in [2.05, 4.69) is 11.0 Å². The van der Waals surface area contributed by atoms with Crippen molar-refractivity contribution in [2.75, 3.05) is 13.1 Å². The minimum absolute atomic E-state index is 0.0784. The lowest BCUT2D eigenvalue weighted by Crippen LogP contribution is -2.48. The number of hydrogen-bond donors (Lipinski definition) is 1. The van der Waals surface area contributed by atoms with Crippen molar-refractivity contribution in [1.82, 2.24) is 4.90 Å². The monoisotopic (exact) mass is 433 g/mol. The molecule has 3 unspecified atom stereocenters. The first kappa shape index (κ1) is 22.1. The Morgan fingerprint density at radius 1 is 1.00 bits per heavy atom. The third-order valence-electron chi connectivity index (χ3n) is 7.46. The molecule has 1 N–H and O–H groups in total. The molecular weight excluding hydrogens is 398 g/mol. The van der Waals surface area contributed by atoms with Crippen molar-refractivity contribution < 1.29 is 14.6 Å². The summed E-state index contributed by atoms with van der Waals surface area (Å²) in [5, 5.41) is 10.0. The van der Waals surface area contributed by atoms with Crippen LogP contribution < -0.4 is 0 Å². The summed E-state index contributed by atoms with van der Waals surface area (Å²) in [6, 6.07) is 8.28. The van der Waals surface area contributed by atoms with Crippen LogP contribution >= 0.6 is 11.6 Å². The SMILES string of the molecule is O=C(O)CC1CCC(N(CC2CCCC2)CC2CCCC2)C(c2cccc(Cl)c2)O1. The molecule has 4 nitrogen and oxygen atoms in total. The molecule has 1 saturated heterocycles. The van der Waals surface area contributed by atoms with Crippen LogP contribution in [0.5, 0.6) is 0 Å². The Bertz CT molecular complexity index is 681. The van der Waals surface area contributed by atoms with Crippen molar-refractivity contribution in [2.24, 2.45) is 11.8 Å². The van der Waals surface area contributed by atoms with Crippen molar-refractivity contribution in [3.05, 3.63) is 34.9 Å². The highest BCUT2D eigenvalue weighted by Crippen LogP contribution is 2.39. The van der Waals surface area contributed by atoms with Gasteiger partial charge in [0.05, 0.1) is 18.6 Å². The maximum Gasteiger partial charge on any atom is 0.305 e. The summed E-state index contributed by atoms with van der Waals surface area (Å²) in [4.78, 5) is 14.1. The van der Waals surface area contributed by atoms with Gasteiger partial charge >= 0.3 is 5.97 Å². The molecule has 5 heteroatoms. The summed E-state index contributed by atoms with van der Waals surface area (Å²) in [6.07, 6.45) is 12.4. The predicted octanol–water partition coefficient (Wildman–Crippen LogP) is 6.09. The number of carboxylic acid groups (broad SMARTS) is 1. The van der Waals surface area contributed by atoms with Gasteiger partial charge < -0.3 is 9.84 Å². The topological polar surface area (TPSA) is 49.8 Å². The molecule has 3 fully saturated rings. The Kier molecular flexibility index (Phi) is 7.72. The first-order chi connectivity index (χ1) is 14.6. The number of aliphatic carboxylic acids is 1. The van der Waals surface area contributed by atoms with Gasteiger partial charge in [0, 0.05) is 24.2 Å². The predicted molar refractivity (Wildman–Crippen MR) is 120 cm³/mol. The molecule has 0 radical (unpaired) electrons. The van der Waals surface area contributed by atoms with E-state index in [0.717, 1.165) is 43.3 Å². The van der Waals surface area contributed by atoms with Gasteiger partial charge in [-0.1, -0.05) is 49.4 Å². The molecule has 1 heterocycles. The standard InChI is InChI=1S/C25H36ClNO3/c26-21-11-5-10-20(14-21)25-23(13-12-22(30-25)15-24(28)29)27(16-18-6-1-2-7-18)17-19-8-3-4-9-19/h5,10-11,14,18-19,22-23,25H,1-4,6-9,12-13,15-17H2,(H,28,29). The Balaban J connectivity index is 1.57. The number of ether oxygens (including phenoxy) is 1. The summed E-state index contributed by atoms with van der Waals surface area (Å²) >= 11 is 6.32. The number of halogens is 1. The molecule has 1 aromatic rings. The van der Waals surface area contributed by atoms with Crippen molar-refractivity contribution in [2.45, 2.75) is 88.9 Å². The van der Waals surface area contributed by atoms with Gasteiger partial charge in [-0.3, -0.25) is 9.69 Å². The summed E-state index contributed by atoms with van der Waals surface area (Å²) in [5.74, 6) is 0.809. The maximum atomic E-state index is 11.3. The minimum atomic E-state index is -0.780. The van der Waals surface area contributed by atoms with Gasteiger partial charge in [-0.15, -0.1) is 0 Å². The molecule has 3 atom stereocenters. The Morgan fingerprint density at radius 2 is 1.63 bits per heavy atom. The molecule has 4 rings (SSSR count). The highest BCUT2D eigenvalue weighted by atomic mass is 35.5. The van der Waals surface area contributed by atoms with Gasteiger partial charge in [-0.25, -0.2) is 0 Å². The second-order valence-electron chi connectivity index (χ2n) is 9.73. The molecule has 166 valence electrons. The first-order valence-electron chi connectivity index (χ1n) is 11.9. The first-order valence-corrected chi connectivity index (χ1v) is 12.3. The van der Waals surface area contributed by atoms with E-state index < -0.39 is 5.97 Å². The summed E-state index contributed by atoms with van der Waals surface area (Å²) < 4.78 is 6.48. The molecule has 30 heavy (non-hydrogen) atoms. The van der Waals surface area contributed by atoms with Crippen LogP contribution in [-0.2, 0) is 9.53 Å². The fraction of sp³-hybridized carbons (Fsp3) is 0.720. The molecule has 2 saturated carbocycles. The van der Waals surface area contributed by atoms with E-state index in [0.29, 0.717) is 11.1 Å². The fourth-order valence-electron chi connectivity index (χ4n) is 5.97. The van der Waals surface area contributed by atoms with Crippen LogP contribution in [0.1, 0.15) is 82.3 Å². The molecular formula is C25H36ClNO3. The van der Waals surface area contributed by atoms with Crippen LogP contribution in [0.25, 0.3) is 0 Å². The zero-order chi connectivity index (χ0) is 20.9. The third kappa shape index (κ3) is 5.77. The maximum absolute atomic E-state index is 11.3. The fourth-order valence-corrected chi connectivity index (χ4v) is 6.17. The van der Waals surface area contributed by atoms with E-state index in [1.54, 1.807) is 0 Å². The zero-order valence-electron chi connectivity index (χ0n) is 18.0. The lowest BCUT2D eigenvalue weighted by molar-refractivity contribution is -0.148.